The summed E-state index contributed by atoms with van der Waals surface area (Å²) in [6.07, 6.45) is 0. The summed E-state index contributed by atoms with van der Waals surface area (Å²) in [5.41, 5.74) is 1.21. The van der Waals surface area contributed by atoms with Gasteiger partial charge in [0.15, 0.2) is 0 Å². The molecule has 0 atom stereocenters. The number of nitrogens with one attached hydrogen (secondary N) is 1. The molecule has 0 unspecified atom stereocenters. The van der Waals surface area contributed by atoms with Crippen LogP contribution in [0, 0.1) is 0 Å². The highest BCUT2D eigenvalue weighted by Gasteiger charge is 1.98. The molecule has 0 aliphatic rings. The van der Waals surface area contributed by atoms with Crippen molar-refractivity contribution >= 4 is 23.4 Å². The Morgan fingerprint density at radius 1 is 1.31 bits per heavy atom. The first kappa shape index (κ1) is 13.8. The van der Waals surface area contributed by atoms with Crippen LogP contribution in [-0.4, -0.2) is 32.6 Å². The van der Waals surface area contributed by atoms with Gasteiger partial charge in [0.25, 0.3) is 0 Å². The summed E-state index contributed by atoms with van der Waals surface area (Å²) in [6.45, 7) is 2.71. The van der Waals surface area contributed by atoms with Crippen molar-refractivity contribution in [3.8, 4) is 0 Å². The molecule has 16 heavy (non-hydrogen) atoms. The summed E-state index contributed by atoms with van der Waals surface area (Å²) in [7, 11) is 1.72. The molecule has 90 valence electrons. The van der Waals surface area contributed by atoms with Crippen LogP contribution in [0.1, 0.15) is 5.56 Å². The maximum absolute atomic E-state index is 6.06. The van der Waals surface area contributed by atoms with E-state index < -0.39 is 0 Å². The molecule has 1 N–H and O–H groups in total. The fourth-order valence-electron chi connectivity index (χ4n) is 1.24. The van der Waals surface area contributed by atoms with Crippen LogP contribution in [0.3, 0.4) is 0 Å². The van der Waals surface area contributed by atoms with E-state index in [1.807, 2.05) is 30.0 Å². The Morgan fingerprint density at radius 3 is 2.88 bits per heavy atom. The Hall–Kier alpha value is -0.220. The molecule has 1 rings (SSSR count). The minimum atomic E-state index is 0.773. The molecule has 0 heterocycles. The van der Waals surface area contributed by atoms with Crippen LogP contribution in [-0.2, 0) is 10.5 Å². The summed E-state index contributed by atoms with van der Waals surface area (Å²) < 4.78 is 4.95. The van der Waals surface area contributed by atoms with E-state index in [0.29, 0.717) is 0 Å². The first-order chi connectivity index (χ1) is 7.84. The molecular formula is C12H18ClNOS. The van der Waals surface area contributed by atoms with E-state index >= 15 is 0 Å². The number of halogens is 1. The highest BCUT2D eigenvalue weighted by Crippen LogP contribution is 2.20. The van der Waals surface area contributed by atoms with Gasteiger partial charge in [-0.25, -0.2) is 0 Å². The lowest BCUT2D eigenvalue weighted by molar-refractivity contribution is 0.200. The van der Waals surface area contributed by atoms with E-state index in [2.05, 4.69) is 11.4 Å². The molecule has 0 aromatic heterocycles. The van der Waals surface area contributed by atoms with Crippen molar-refractivity contribution in [1.82, 2.24) is 5.32 Å². The van der Waals surface area contributed by atoms with Gasteiger partial charge >= 0.3 is 0 Å². The minimum absolute atomic E-state index is 0.773. The molecule has 0 amide bonds. The summed E-state index contributed by atoms with van der Waals surface area (Å²) in [6, 6.07) is 8.00. The van der Waals surface area contributed by atoms with Crippen LogP contribution in [0.5, 0.6) is 0 Å². The first-order valence-corrected chi connectivity index (χ1v) is 6.88. The smallest absolute Gasteiger partial charge is 0.0587 e. The maximum atomic E-state index is 6.06. The second-order valence-corrected chi connectivity index (χ2v) is 4.90. The topological polar surface area (TPSA) is 21.3 Å². The molecule has 0 aliphatic heterocycles. The van der Waals surface area contributed by atoms with E-state index in [0.717, 1.165) is 36.2 Å². The summed E-state index contributed by atoms with van der Waals surface area (Å²) in [5, 5.41) is 4.17. The summed E-state index contributed by atoms with van der Waals surface area (Å²) in [5.74, 6) is 2.07. The summed E-state index contributed by atoms with van der Waals surface area (Å²) >= 11 is 7.95. The summed E-state index contributed by atoms with van der Waals surface area (Å²) in [4.78, 5) is 0. The Balaban J connectivity index is 2.05. The van der Waals surface area contributed by atoms with Gasteiger partial charge in [0.2, 0.25) is 0 Å². The Morgan fingerprint density at radius 2 is 2.12 bits per heavy atom. The van der Waals surface area contributed by atoms with Gasteiger partial charge in [-0.3, -0.25) is 0 Å². The zero-order valence-corrected chi connectivity index (χ0v) is 11.1. The number of ether oxygens (including phenoxy) is 1. The fourth-order valence-corrected chi connectivity index (χ4v) is 2.43. The van der Waals surface area contributed by atoms with Gasteiger partial charge in [0, 0.05) is 36.7 Å². The van der Waals surface area contributed by atoms with Gasteiger partial charge in [-0.2, -0.15) is 11.8 Å². The molecule has 4 heteroatoms. The predicted molar refractivity (Wildman–Crippen MR) is 72.4 cm³/mol. The molecule has 0 saturated carbocycles. The van der Waals surface area contributed by atoms with E-state index in [9.17, 15) is 0 Å². The number of thioether (sulfide) groups is 1. The zero-order chi connectivity index (χ0) is 11.6. The number of benzene rings is 1. The lowest BCUT2D eigenvalue weighted by Crippen LogP contribution is -2.21. The third-order valence-electron chi connectivity index (χ3n) is 2.12. The number of hydrogen-bond acceptors (Lipinski definition) is 3. The second kappa shape index (κ2) is 8.88. The molecule has 0 aliphatic carbocycles. The van der Waals surface area contributed by atoms with E-state index in [1.165, 1.54) is 5.56 Å². The van der Waals surface area contributed by atoms with Crippen molar-refractivity contribution in [3.05, 3.63) is 34.9 Å². The van der Waals surface area contributed by atoms with Crippen LogP contribution < -0.4 is 5.32 Å². The van der Waals surface area contributed by atoms with E-state index in [1.54, 1.807) is 7.11 Å². The molecule has 0 radical (unpaired) electrons. The molecular weight excluding hydrogens is 242 g/mol. The minimum Gasteiger partial charge on any atom is -0.383 e. The van der Waals surface area contributed by atoms with Gasteiger partial charge in [-0.1, -0.05) is 29.8 Å². The van der Waals surface area contributed by atoms with Crippen LogP contribution in [0.4, 0.5) is 0 Å². The van der Waals surface area contributed by atoms with Gasteiger partial charge in [-0.05, 0) is 11.6 Å². The van der Waals surface area contributed by atoms with Crippen molar-refractivity contribution in [2.75, 3.05) is 32.6 Å². The van der Waals surface area contributed by atoms with Gasteiger partial charge in [-0.15, -0.1) is 0 Å². The number of methoxy groups -OCH3 is 1. The number of hydrogen-bond donors (Lipinski definition) is 1. The predicted octanol–water partition coefficient (Wildman–Crippen LogP) is 2.81. The average molecular weight is 260 g/mol. The van der Waals surface area contributed by atoms with Gasteiger partial charge in [0.1, 0.15) is 0 Å². The molecule has 1 aromatic carbocycles. The zero-order valence-electron chi connectivity index (χ0n) is 9.54. The van der Waals surface area contributed by atoms with Crippen molar-refractivity contribution < 1.29 is 4.74 Å². The van der Waals surface area contributed by atoms with E-state index in [-0.39, 0.29) is 0 Å². The van der Waals surface area contributed by atoms with Crippen LogP contribution in [0.15, 0.2) is 24.3 Å². The van der Waals surface area contributed by atoms with Crippen LogP contribution in [0.2, 0.25) is 5.02 Å². The highest BCUT2D eigenvalue weighted by molar-refractivity contribution is 7.98. The lowest BCUT2D eigenvalue weighted by atomic mass is 10.2. The Kier molecular flexibility index (Phi) is 7.68. The molecule has 1 aromatic rings. The Bertz CT molecular complexity index is 296. The van der Waals surface area contributed by atoms with Crippen molar-refractivity contribution in [2.45, 2.75) is 5.75 Å². The molecule has 0 bridgehead atoms. The second-order valence-electron chi connectivity index (χ2n) is 3.39. The normalized spacial score (nSPS) is 10.6. The third-order valence-corrected chi connectivity index (χ3v) is 3.50. The molecule has 2 nitrogen and oxygen atoms in total. The highest BCUT2D eigenvalue weighted by atomic mass is 35.5. The average Bonchev–Trinajstić information content (AvgIpc) is 2.30. The largest absolute Gasteiger partial charge is 0.383 e. The fraction of sp³-hybridized carbons (Fsp3) is 0.500. The molecule has 0 spiro atoms. The van der Waals surface area contributed by atoms with Crippen LogP contribution >= 0.6 is 23.4 Å². The third kappa shape index (κ3) is 5.75. The van der Waals surface area contributed by atoms with Crippen molar-refractivity contribution in [2.24, 2.45) is 0 Å². The SMILES string of the molecule is COCCNCCSCc1ccccc1Cl. The first-order valence-electron chi connectivity index (χ1n) is 5.35. The molecule has 0 fully saturated rings. The van der Waals surface area contributed by atoms with Crippen LogP contribution in [0.25, 0.3) is 0 Å². The maximum Gasteiger partial charge on any atom is 0.0587 e. The quantitative estimate of drug-likeness (QED) is 0.726. The van der Waals surface area contributed by atoms with Crippen molar-refractivity contribution in [3.63, 3.8) is 0 Å². The van der Waals surface area contributed by atoms with Crippen molar-refractivity contribution in [1.29, 1.82) is 0 Å². The number of rotatable bonds is 8. The van der Waals surface area contributed by atoms with Gasteiger partial charge in [0.05, 0.1) is 6.61 Å². The lowest BCUT2D eigenvalue weighted by Gasteiger charge is -2.05. The monoisotopic (exact) mass is 259 g/mol. The standard InChI is InChI=1S/C12H18ClNOS/c1-15-8-6-14-7-9-16-10-11-4-2-3-5-12(11)13/h2-5,14H,6-10H2,1H3. The van der Waals surface area contributed by atoms with Gasteiger partial charge < -0.3 is 10.1 Å². The molecule has 0 saturated heterocycles. The van der Waals surface area contributed by atoms with E-state index in [4.69, 9.17) is 16.3 Å². The Labute approximate surface area is 107 Å².